The van der Waals surface area contributed by atoms with Gasteiger partial charge in [-0.05, 0) is 216 Å². The van der Waals surface area contributed by atoms with Crippen molar-refractivity contribution >= 4 is 83.2 Å². The number of halogens is 4. The molecule has 0 aliphatic heterocycles. The minimum Gasteiger partial charge on any atom is -0.423 e. The minimum atomic E-state index is -1.43. The van der Waals surface area contributed by atoms with Crippen molar-refractivity contribution in [1.82, 2.24) is 24.9 Å². The van der Waals surface area contributed by atoms with E-state index in [9.17, 15) is 20.1 Å². The number of rotatable bonds is 19. The Hall–Kier alpha value is -13.4. The zero-order valence-electron chi connectivity index (χ0n) is 76.2. The van der Waals surface area contributed by atoms with Crippen LogP contribution in [-0.4, -0.2) is 87.9 Å². The average molecular weight is 1920 g/mol. The van der Waals surface area contributed by atoms with Crippen molar-refractivity contribution in [1.29, 1.82) is 0 Å². The Bertz CT molecular complexity index is 6500. The number of hydrogen-bond acceptors (Lipinski definition) is 12. The second kappa shape index (κ2) is 53.8. The Kier molecular flexibility index (Phi) is 40.9. The Morgan fingerprint density at radius 1 is 0.277 bits per heavy atom. The van der Waals surface area contributed by atoms with E-state index in [2.05, 4.69) is 381 Å². The van der Waals surface area contributed by atoms with Gasteiger partial charge in [-0.25, -0.2) is 4.57 Å². The monoisotopic (exact) mass is 1920 g/mol. The summed E-state index contributed by atoms with van der Waals surface area (Å²) in [4.78, 5) is 20.2. The second-order valence-electron chi connectivity index (χ2n) is 31.2. The van der Waals surface area contributed by atoms with E-state index in [4.69, 9.17) is 44.8 Å². The normalized spacial score (nSPS) is 10.3. The van der Waals surface area contributed by atoms with Crippen molar-refractivity contribution < 1.29 is 58.9 Å². The molecule has 0 radical (unpaired) electrons. The predicted molar refractivity (Wildman–Crippen MR) is 572 cm³/mol. The van der Waals surface area contributed by atoms with Crippen LogP contribution in [0.1, 0.15) is 29.6 Å². The van der Waals surface area contributed by atoms with E-state index in [0.29, 0.717) is 16.8 Å². The molecule has 19 aromatic rings. The summed E-state index contributed by atoms with van der Waals surface area (Å²) in [5.74, 6) is 2.10. The van der Waals surface area contributed by atoms with E-state index in [1.165, 1.54) is 99.6 Å². The van der Waals surface area contributed by atoms with Crippen molar-refractivity contribution in [2.75, 3.05) is 21.3 Å². The van der Waals surface area contributed by atoms with Gasteiger partial charge in [0.25, 0.3) is 0 Å². The fraction of sp³-hybridized carbons (Fsp3) is 0.0603. The van der Waals surface area contributed by atoms with Crippen LogP contribution in [0.25, 0.3) is 151 Å². The van der Waals surface area contributed by atoms with Gasteiger partial charge in [0.15, 0.2) is 0 Å². The summed E-state index contributed by atoms with van der Waals surface area (Å²) in [7, 11) is 1.16. The number of hydrogen-bond donors (Lipinski definition) is 4. The topological polar surface area (TPSA) is 177 Å². The fourth-order valence-corrected chi connectivity index (χ4v) is 15.8. The van der Waals surface area contributed by atoms with Crippen LogP contribution in [0.2, 0.25) is 15.9 Å². The molecule has 4 N–H and O–H groups in total. The predicted octanol–water partition coefficient (Wildman–Crippen LogP) is 24.9. The first-order chi connectivity index (χ1) is 65.9. The summed E-state index contributed by atoms with van der Waals surface area (Å²) in [5.41, 5.74) is 30.7. The van der Waals surface area contributed by atoms with Crippen LogP contribution in [0.3, 0.4) is 0 Å². The summed E-state index contributed by atoms with van der Waals surface area (Å²) < 4.78 is 16.9. The largest absolute Gasteiger partial charge is 1.00 e. The Balaban J connectivity index is 0.000000204. The summed E-state index contributed by atoms with van der Waals surface area (Å²) >= 11 is 19.4. The van der Waals surface area contributed by atoms with Gasteiger partial charge in [-0.2, -0.15) is 35.7 Å². The summed E-state index contributed by atoms with van der Waals surface area (Å²) in [6.45, 7) is 6.25. The van der Waals surface area contributed by atoms with Gasteiger partial charge in [-0.1, -0.05) is 440 Å². The third-order valence-corrected chi connectivity index (χ3v) is 22.3. The molecule has 0 saturated carbocycles. The molecule has 2 heterocycles. The molecular formula is C116H103B3BrCl3LiN6O7+. The summed E-state index contributed by atoms with van der Waals surface area (Å²) in [6, 6.07) is 152. The molecule has 0 spiro atoms. The Morgan fingerprint density at radius 3 is 0.759 bits per heavy atom. The molecule has 0 bridgehead atoms. The smallest absolute Gasteiger partial charge is 0.423 e. The molecule has 137 heavy (non-hydrogen) atoms. The van der Waals surface area contributed by atoms with E-state index in [1.807, 2.05) is 120 Å². The van der Waals surface area contributed by atoms with Crippen LogP contribution in [0.4, 0.5) is 0 Å². The van der Waals surface area contributed by atoms with E-state index in [0.717, 1.165) is 76.9 Å². The van der Waals surface area contributed by atoms with Crippen molar-refractivity contribution in [3.8, 4) is 151 Å². The molecule has 676 valence electrons. The van der Waals surface area contributed by atoms with E-state index in [1.54, 1.807) is 24.3 Å². The van der Waals surface area contributed by atoms with Gasteiger partial charge < -0.3 is 40.0 Å². The van der Waals surface area contributed by atoms with Crippen LogP contribution in [0.15, 0.2) is 460 Å². The summed E-state index contributed by atoms with van der Waals surface area (Å²) in [6.07, 6.45) is 3.75. The van der Waals surface area contributed by atoms with Gasteiger partial charge in [-0.3, -0.25) is 0 Å². The molecule has 0 aliphatic carbocycles. The molecule has 0 saturated heterocycles. The maximum absolute atomic E-state index is 9.22. The third-order valence-electron chi connectivity index (χ3n) is 21.3. The Morgan fingerprint density at radius 2 is 0.496 bits per heavy atom. The maximum Gasteiger partial charge on any atom is 1.00 e. The van der Waals surface area contributed by atoms with Crippen LogP contribution >= 0.6 is 50.7 Å². The minimum absolute atomic E-state index is 0. The van der Waals surface area contributed by atoms with Crippen molar-refractivity contribution in [2.24, 2.45) is 0 Å². The van der Waals surface area contributed by atoms with Crippen LogP contribution in [0.5, 0.6) is 0 Å². The molecule has 2 aromatic heterocycles. The molecule has 0 fully saturated rings. The van der Waals surface area contributed by atoms with Gasteiger partial charge in [0.1, 0.15) is 5.69 Å². The molecular weight excluding hydrogens is 1810 g/mol. The van der Waals surface area contributed by atoms with Crippen molar-refractivity contribution in [2.45, 2.75) is 28.2 Å². The average Bonchev–Trinajstić information content (AvgIpc) is 0.779. The zero-order valence-corrected chi connectivity index (χ0v) is 80.1. The first-order valence-electron chi connectivity index (χ1n) is 43.5. The fourth-order valence-electron chi connectivity index (χ4n) is 15.0. The number of nitrogens with zero attached hydrogens (tertiary/aromatic N) is 6. The quantitative estimate of drug-likeness (QED) is 0.0343. The van der Waals surface area contributed by atoms with Gasteiger partial charge in [0.2, 0.25) is 28.5 Å². The molecule has 0 unspecified atom stereocenters. The number of aromatic nitrogens is 6. The molecule has 21 heteroatoms. The zero-order chi connectivity index (χ0) is 94.6. The van der Waals surface area contributed by atoms with Gasteiger partial charge in [0.05, 0.1) is 5.56 Å². The molecule has 0 atom stereocenters. The van der Waals surface area contributed by atoms with Crippen LogP contribution < -0.4 is 34.4 Å². The maximum atomic E-state index is 9.22. The van der Waals surface area contributed by atoms with Crippen molar-refractivity contribution in [3.63, 3.8) is 0 Å². The Labute approximate surface area is 842 Å². The van der Waals surface area contributed by atoms with Crippen LogP contribution in [0, 0.1) is 5.92 Å². The SMILES string of the molecule is Brc1ccc(-c2ccccc2-c2ccccc2)cc1.C.COB(OC)OC.C[C-](C)C.Clc1nc(Cl)nc(Cl)n1.OB(O)c1ccc(-c2ccccc2-c2ccccc2)cc1.OB(O)c1ccccc1-c1ccccc1.[2HH].[Li+].c1ccc(-c2ccccc2-c2ccc(-c3cc(-c4ccc(-c5ccccc5-c5ccccc5)cc4)cc(-[n+]4cnc(-c5ccccc5-c5ccccc5)nc4)c3)cc2)cc1. The standard InChI is InChI=1S/C57H40N3.C18H15BO2.C18H13Br.C12H11BO2.C4H9.C3H9BO3.C3Cl3N3.CH4.Li.H2/c1-4-16-43(17-5-1)51-22-10-12-24-53(51)46-32-28-41(29-33-46)48-36-49(42-30-34-47(35-31-42)54-25-13-11-23-52(54)44-18-6-2-7-19-44)38-50(37-48)60-39-58-57(59-40-60)56-27-15-14-26-55(56)45-20-8-3-9-21-45;20-19(21)16-12-10-15(11-13-16)18-9-5-4-8-17(18)14-6-2-1-3-7-14;19-16-12-10-15(11-13-16)18-9-5-4-8-17(18)14-6-2-1-3-7-14;14-13(15)12-9-5-4-8-11(12)10-6-2-1-3-7-10;1-4(2)3;1-5-4(6-2)7-3;4-1-7-2(5)9-3(6)8-1;;;/h1-40H;1-13,20-21H;1-13H;1-9,14-15H;1-3H3;1-3H3;;1H4;;1H/q+1;;;;-1;;;;+1;/i;;;;;;;;;1+1. The van der Waals surface area contributed by atoms with E-state index >= 15 is 0 Å². The van der Waals surface area contributed by atoms with Gasteiger partial charge in [-0.15, -0.1) is 0 Å². The van der Waals surface area contributed by atoms with E-state index in [-0.39, 0.29) is 43.6 Å². The molecule has 19 rings (SSSR count). The first-order valence-corrected chi connectivity index (χ1v) is 45.5. The van der Waals surface area contributed by atoms with Gasteiger partial charge >= 0.3 is 46.2 Å². The molecule has 0 aliphatic rings. The third kappa shape index (κ3) is 29.8. The van der Waals surface area contributed by atoms with Gasteiger partial charge in [0, 0.05) is 27.2 Å². The molecule has 17 aromatic carbocycles. The number of benzene rings is 17. The van der Waals surface area contributed by atoms with Crippen LogP contribution in [-0.2, 0) is 14.0 Å². The first kappa shape index (κ1) is 104. The van der Waals surface area contributed by atoms with Crippen molar-refractivity contribution in [3.05, 3.63) is 482 Å². The molecule has 13 nitrogen and oxygen atoms in total. The second-order valence-corrected chi connectivity index (χ2v) is 33.1. The van der Waals surface area contributed by atoms with E-state index < -0.39 is 21.6 Å². The summed E-state index contributed by atoms with van der Waals surface area (Å²) in [5, 5.41) is 36.8. The molecule has 0 amide bonds.